The van der Waals surface area contributed by atoms with Crippen LogP contribution in [0, 0.1) is 12.3 Å². The quantitative estimate of drug-likeness (QED) is 0.735. The van der Waals surface area contributed by atoms with Gasteiger partial charge in [-0.15, -0.1) is 0 Å². The van der Waals surface area contributed by atoms with E-state index in [0.717, 1.165) is 36.3 Å². The van der Waals surface area contributed by atoms with Crippen LogP contribution >= 0.6 is 0 Å². The van der Waals surface area contributed by atoms with Gasteiger partial charge >= 0.3 is 0 Å². The van der Waals surface area contributed by atoms with Crippen molar-refractivity contribution in [2.24, 2.45) is 5.41 Å². The number of fused-ring (bicyclic) bond motifs is 1. The number of carbonyl (C=O) groups is 1. The lowest BCUT2D eigenvalue weighted by Crippen LogP contribution is -2.41. The zero-order chi connectivity index (χ0) is 12.6. The Morgan fingerprint density at radius 1 is 1.17 bits per heavy atom. The summed E-state index contributed by atoms with van der Waals surface area (Å²) in [5, 5.41) is 6.62. The molecule has 1 spiro atoms. The third kappa shape index (κ3) is 1.78. The summed E-state index contributed by atoms with van der Waals surface area (Å²) >= 11 is 0. The van der Waals surface area contributed by atoms with Crippen LogP contribution in [0.25, 0.3) is 0 Å². The van der Waals surface area contributed by atoms with E-state index in [1.165, 1.54) is 19.3 Å². The molecule has 0 atom stereocenters. The van der Waals surface area contributed by atoms with Crippen LogP contribution in [0.2, 0.25) is 0 Å². The monoisotopic (exact) mass is 244 g/mol. The molecule has 0 aromatic heterocycles. The van der Waals surface area contributed by atoms with Gasteiger partial charge in [0.15, 0.2) is 0 Å². The van der Waals surface area contributed by atoms with Crippen molar-refractivity contribution in [2.75, 3.05) is 17.2 Å². The van der Waals surface area contributed by atoms with Gasteiger partial charge in [0.2, 0.25) is 5.91 Å². The van der Waals surface area contributed by atoms with Gasteiger partial charge in [-0.25, -0.2) is 0 Å². The Labute approximate surface area is 108 Å². The van der Waals surface area contributed by atoms with Gasteiger partial charge in [-0.05, 0) is 31.4 Å². The maximum absolute atomic E-state index is 12.6. The molecule has 1 fully saturated rings. The lowest BCUT2D eigenvalue weighted by molar-refractivity contribution is -0.126. The van der Waals surface area contributed by atoms with E-state index in [-0.39, 0.29) is 11.3 Å². The summed E-state index contributed by atoms with van der Waals surface area (Å²) in [6.45, 7) is 2.81. The van der Waals surface area contributed by atoms with Crippen molar-refractivity contribution in [1.29, 1.82) is 0 Å². The van der Waals surface area contributed by atoms with Gasteiger partial charge < -0.3 is 10.6 Å². The summed E-state index contributed by atoms with van der Waals surface area (Å²) in [7, 11) is 0. The number of carbonyl (C=O) groups excluding carboxylic acids is 1. The maximum atomic E-state index is 12.6. The minimum absolute atomic E-state index is 0.191. The number of aryl methyl sites for hydroxylation is 1. The second-order valence-electron chi connectivity index (χ2n) is 5.65. The van der Waals surface area contributed by atoms with E-state index in [1.807, 2.05) is 25.1 Å². The average molecular weight is 244 g/mol. The molecule has 3 rings (SSSR count). The van der Waals surface area contributed by atoms with Crippen LogP contribution < -0.4 is 10.6 Å². The molecule has 0 saturated heterocycles. The van der Waals surface area contributed by atoms with E-state index >= 15 is 0 Å². The zero-order valence-corrected chi connectivity index (χ0v) is 10.9. The molecule has 1 amide bonds. The van der Waals surface area contributed by atoms with Crippen molar-refractivity contribution >= 4 is 17.3 Å². The molecule has 1 saturated carbocycles. The van der Waals surface area contributed by atoms with Crippen LogP contribution in [0.15, 0.2) is 18.2 Å². The molecule has 1 aliphatic heterocycles. The number of rotatable bonds is 0. The number of amides is 1. The summed E-state index contributed by atoms with van der Waals surface area (Å²) in [6, 6.07) is 6.12. The highest BCUT2D eigenvalue weighted by Gasteiger charge is 2.41. The molecule has 1 heterocycles. The standard InChI is InChI=1S/C15H20N2O/c1-11-6-5-7-12-13(11)17-14(18)15(10-16-12)8-3-2-4-9-15/h5-7,16H,2-4,8-10H2,1H3,(H,17,18). The molecule has 3 nitrogen and oxygen atoms in total. The summed E-state index contributed by atoms with van der Waals surface area (Å²) in [6.07, 6.45) is 5.63. The fourth-order valence-electron chi connectivity index (χ4n) is 3.20. The summed E-state index contributed by atoms with van der Waals surface area (Å²) < 4.78 is 0. The van der Waals surface area contributed by atoms with E-state index in [9.17, 15) is 4.79 Å². The number of para-hydroxylation sites is 1. The van der Waals surface area contributed by atoms with Gasteiger partial charge in [0.05, 0.1) is 16.8 Å². The number of nitrogens with one attached hydrogen (secondary N) is 2. The summed E-state index contributed by atoms with van der Waals surface area (Å²) in [5.41, 5.74) is 2.96. The molecule has 1 aliphatic carbocycles. The Hall–Kier alpha value is -1.51. The van der Waals surface area contributed by atoms with Crippen molar-refractivity contribution < 1.29 is 4.79 Å². The zero-order valence-electron chi connectivity index (χ0n) is 10.9. The van der Waals surface area contributed by atoms with Crippen LogP contribution in [0.5, 0.6) is 0 Å². The molecule has 2 N–H and O–H groups in total. The van der Waals surface area contributed by atoms with Gasteiger partial charge in [-0.3, -0.25) is 4.79 Å². The van der Waals surface area contributed by atoms with Crippen molar-refractivity contribution in [2.45, 2.75) is 39.0 Å². The van der Waals surface area contributed by atoms with E-state index in [2.05, 4.69) is 10.6 Å². The molecular formula is C15H20N2O. The first-order valence-electron chi connectivity index (χ1n) is 6.86. The fourth-order valence-corrected chi connectivity index (χ4v) is 3.20. The first-order chi connectivity index (χ1) is 8.71. The minimum atomic E-state index is -0.191. The third-order valence-corrected chi connectivity index (χ3v) is 4.42. The largest absolute Gasteiger partial charge is 0.382 e. The summed E-state index contributed by atoms with van der Waals surface area (Å²) in [4.78, 5) is 12.6. The van der Waals surface area contributed by atoms with Crippen molar-refractivity contribution in [1.82, 2.24) is 0 Å². The van der Waals surface area contributed by atoms with Gasteiger partial charge in [0.1, 0.15) is 0 Å². The Balaban J connectivity index is 1.95. The van der Waals surface area contributed by atoms with Gasteiger partial charge in [0, 0.05) is 6.54 Å². The summed E-state index contributed by atoms with van der Waals surface area (Å²) in [5.74, 6) is 0.211. The highest BCUT2D eigenvalue weighted by Crippen LogP contribution is 2.41. The van der Waals surface area contributed by atoms with E-state index in [0.29, 0.717) is 0 Å². The second kappa shape index (κ2) is 4.30. The van der Waals surface area contributed by atoms with Crippen LogP contribution in [0.4, 0.5) is 11.4 Å². The van der Waals surface area contributed by atoms with Gasteiger partial charge in [0.25, 0.3) is 0 Å². The van der Waals surface area contributed by atoms with E-state index in [4.69, 9.17) is 0 Å². The molecule has 1 aromatic carbocycles. The molecule has 0 radical (unpaired) electrons. The predicted octanol–water partition coefficient (Wildman–Crippen LogP) is 3.31. The topological polar surface area (TPSA) is 41.1 Å². The first-order valence-corrected chi connectivity index (χ1v) is 6.86. The Kier molecular flexibility index (Phi) is 2.77. The molecule has 1 aromatic rings. The fraction of sp³-hybridized carbons (Fsp3) is 0.533. The van der Waals surface area contributed by atoms with Crippen LogP contribution in [-0.4, -0.2) is 12.5 Å². The highest BCUT2D eigenvalue weighted by atomic mass is 16.2. The van der Waals surface area contributed by atoms with Crippen molar-refractivity contribution in [3.63, 3.8) is 0 Å². The average Bonchev–Trinajstić information content (AvgIpc) is 2.52. The number of benzene rings is 1. The number of anilines is 2. The smallest absolute Gasteiger partial charge is 0.232 e. The number of hydrogen-bond donors (Lipinski definition) is 2. The Bertz CT molecular complexity index is 475. The molecule has 3 heteroatoms. The molecular weight excluding hydrogens is 224 g/mol. The van der Waals surface area contributed by atoms with Gasteiger partial charge in [-0.2, -0.15) is 0 Å². The lowest BCUT2D eigenvalue weighted by atomic mass is 9.73. The Morgan fingerprint density at radius 2 is 1.94 bits per heavy atom. The molecule has 96 valence electrons. The van der Waals surface area contributed by atoms with Crippen LogP contribution in [-0.2, 0) is 4.79 Å². The van der Waals surface area contributed by atoms with Crippen molar-refractivity contribution in [3.05, 3.63) is 23.8 Å². The van der Waals surface area contributed by atoms with Crippen molar-refractivity contribution in [3.8, 4) is 0 Å². The molecule has 2 aliphatic rings. The van der Waals surface area contributed by atoms with Crippen LogP contribution in [0.1, 0.15) is 37.7 Å². The lowest BCUT2D eigenvalue weighted by Gasteiger charge is -2.34. The van der Waals surface area contributed by atoms with E-state index in [1.54, 1.807) is 0 Å². The first kappa shape index (κ1) is 11.6. The maximum Gasteiger partial charge on any atom is 0.232 e. The second-order valence-corrected chi connectivity index (χ2v) is 5.65. The highest BCUT2D eigenvalue weighted by molar-refractivity contribution is 6.00. The van der Waals surface area contributed by atoms with E-state index < -0.39 is 0 Å². The predicted molar refractivity (Wildman–Crippen MR) is 73.8 cm³/mol. The molecule has 18 heavy (non-hydrogen) atoms. The minimum Gasteiger partial charge on any atom is -0.382 e. The molecule has 0 unspecified atom stereocenters. The molecule has 0 bridgehead atoms. The normalized spacial score (nSPS) is 21.7. The van der Waals surface area contributed by atoms with Gasteiger partial charge in [-0.1, -0.05) is 31.4 Å². The van der Waals surface area contributed by atoms with Crippen LogP contribution in [0.3, 0.4) is 0 Å². The third-order valence-electron chi connectivity index (χ3n) is 4.42. The SMILES string of the molecule is Cc1cccc2c1NC(=O)C1(CCCCC1)CN2. The Morgan fingerprint density at radius 3 is 2.72 bits per heavy atom. The number of hydrogen-bond acceptors (Lipinski definition) is 2.